The quantitative estimate of drug-likeness (QED) is 0.817. The zero-order valence-corrected chi connectivity index (χ0v) is 15.9. The second-order valence-corrected chi connectivity index (χ2v) is 8.04. The summed E-state index contributed by atoms with van der Waals surface area (Å²) >= 11 is 6.03. The number of nitrogens with zero attached hydrogens (tertiary/aromatic N) is 2. The molecule has 8 heteroatoms. The van der Waals surface area contributed by atoms with Crippen molar-refractivity contribution < 1.29 is 13.2 Å². The van der Waals surface area contributed by atoms with Crippen LogP contribution < -0.4 is 9.62 Å². The van der Waals surface area contributed by atoms with Crippen molar-refractivity contribution in [2.24, 2.45) is 0 Å². The average Bonchev–Trinajstić information content (AvgIpc) is 2.57. The van der Waals surface area contributed by atoms with Crippen LogP contribution in [0.3, 0.4) is 0 Å². The number of rotatable bonds is 6. The van der Waals surface area contributed by atoms with Crippen molar-refractivity contribution in [3.8, 4) is 6.07 Å². The van der Waals surface area contributed by atoms with E-state index in [9.17, 15) is 18.5 Å². The third-order valence-corrected chi connectivity index (χ3v) is 5.28. The van der Waals surface area contributed by atoms with Gasteiger partial charge in [-0.1, -0.05) is 29.8 Å². The van der Waals surface area contributed by atoms with Crippen molar-refractivity contribution in [3.63, 3.8) is 0 Å². The number of halogens is 1. The van der Waals surface area contributed by atoms with Crippen molar-refractivity contribution in [2.75, 3.05) is 22.4 Å². The van der Waals surface area contributed by atoms with Crippen LogP contribution in [0.15, 0.2) is 42.5 Å². The predicted molar refractivity (Wildman–Crippen MR) is 103 cm³/mol. The number of anilines is 2. The minimum Gasteiger partial charge on any atom is -0.326 e. The van der Waals surface area contributed by atoms with Gasteiger partial charge in [0.25, 0.3) is 0 Å². The molecular formula is C18H18ClN3O3S. The van der Waals surface area contributed by atoms with Gasteiger partial charge in [0, 0.05) is 23.7 Å². The van der Waals surface area contributed by atoms with Crippen molar-refractivity contribution in [1.29, 1.82) is 5.26 Å². The molecule has 136 valence electrons. The second kappa shape index (κ2) is 8.21. The fourth-order valence-electron chi connectivity index (χ4n) is 2.35. The monoisotopic (exact) mass is 391 g/mol. The number of hydrogen-bond donors (Lipinski definition) is 1. The van der Waals surface area contributed by atoms with Gasteiger partial charge < -0.3 is 5.32 Å². The zero-order chi connectivity index (χ0) is 19.3. The molecule has 1 N–H and O–H groups in total. The number of hydrogen-bond acceptors (Lipinski definition) is 4. The van der Waals surface area contributed by atoms with E-state index < -0.39 is 10.0 Å². The number of amides is 1. The van der Waals surface area contributed by atoms with Crippen LogP contribution in [-0.2, 0) is 14.8 Å². The highest BCUT2D eigenvalue weighted by Gasteiger charge is 2.21. The van der Waals surface area contributed by atoms with Crippen molar-refractivity contribution in [2.45, 2.75) is 13.3 Å². The summed E-state index contributed by atoms with van der Waals surface area (Å²) in [7, 11) is -3.65. The van der Waals surface area contributed by atoms with E-state index in [0.29, 0.717) is 10.7 Å². The molecule has 0 atom stereocenters. The van der Waals surface area contributed by atoms with E-state index in [2.05, 4.69) is 5.32 Å². The van der Waals surface area contributed by atoms with Gasteiger partial charge in [0.15, 0.2) is 0 Å². The Kier molecular flexibility index (Phi) is 6.24. The Morgan fingerprint density at radius 2 is 1.96 bits per heavy atom. The van der Waals surface area contributed by atoms with Crippen LogP contribution in [0.4, 0.5) is 11.4 Å². The smallest absolute Gasteiger partial charge is 0.232 e. The van der Waals surface area contributed by atoms with E-state index in [-0.39, 0.29) is 30.1 Å². The van der Waals surface area contributed by atoms with Crippen LogP contribution in [0, 0.1) is 18.3 Å². The highest BCUT2D eigenvalue weighted by molar-refractivity contribution is 7.92. The first kappa shape index (κ1) is 19.8. The van der Waals surface area contributed by atoms with Crippen molar-refractivity contribution in [1.82, 2.24) is 0 Å². The summed E-state index contributed by atoms with van der Waals surface area (Å²) in [5, 5.41) is 12.4. The zero-order valence-electron chi connectivity index (χ0n) is 14.4. The number of carbonyl (C=O) groups is 1. The summed E-state index contributed by atoms with van der Waals surface area (Å²) in [6.07, 6.45) is 0.969. The summed E-state index contributed by atoms with van der Waals surface area (Å²) in [6, 6.07) is 13.5. The third-order valence-electron chi connectivity index (χ3n) is 3.69. The van der Waals surface area contributed by atoms with Gasteiger partial charge in [0.1, 0.15) is 6.07 Å². The number of sulfonamides is 1. The van der Waals surface area contributed by atoms with E-state index in [1.807, 2.05) is 13.0 Å². The Morgan fingerprint density at radius 1 is 1.27 bits per heavy atom. The number of carbonyl (C=O) groups excluding carboxylic acids is 1. The lowest BCUT2D eigenvalue weighted by Gasteiger charge is -2.23. The lowest BCUT2D eigenvalue weighted by Crippen LogP contribution is -2.33. The molecule has 2 rings (SSSR count). The van der Waals surface area contributed by atoms with Gasteiger partial charge in [-0.15, -0.1) is 0 Å². The SMILES string of the molecule is Cc1ccc(NC(=O)CCN(c2ccccc2C#N)S(C)(=O)=O)cc1Cl. The maximum absolute atomic E-state index is 12.2. The summed E-state index contributed by atoms with van der Waals surface area (Å²) in [5.41, 5.74) is 1.90. The largest absolute Gasteiger partial charge is 0.326 e. The molecule has 0 spiro atoms. The first-order chi connectivity index (χ1) is 12.2. The van der Waals surface area contributed by atoms with Gasteiger partial charge in [-0.2, -0.15) is 5.26 Å². The third kappa shape index (κ3) is 4.97. The molecule has 26 heavy (non-hydrogen) atoms. The minimum absolute atomic E-state index is 0.0711. The lowest BCUT2D eigenvalue weighted by molar-refractivity contribution is -0.116. The van der Waals surface area contributed by atoms with Crippen LogP contribution in [0.5, 0.6) is 0 Å². The molecule has 0 radical (unpaired) electrons. The average molecular weight is 392 g/mol. The molecule has 0 fully saturated rings. The molecule has 0 unspecified atom stereocenters. The Balaban J connectivity index is 2.14. The van der Waals surface area contributed by atoms with Crippen LogP contribution in [-0.4, -0.2) is 27.1 Å². The summed E-state index contributed by atoms with van der Waals surface area (Å²) in [4.78, 5) is 12.2. The molecule has 2 aromatic rings. The van der Waals surface area contributed by atoms with E-state index in [1.165, 1.54) is 12.1 Å². The van der Waals surface area contributed by atoms with Gasteiger partial charge in [0.2, 0.25) is 15.9 Å². The molecule has 0 aliphatic carbocycles. The van der Waals surface area contributed by atoms with Crippen LogP contribution in [0.2, 0.25) is 5.02 Å². The highest BCUT2D eigenvalue weighted by Crippen LogP contribution is 2.23. The fourth-order valence-corrected chi connectivity index (χ4v) is 3.47. The van der Waals surface area contributed by atoms with Gasteiger partial charge in [-0.25, -0.2) is 8.42 Å². The first-order valence-corrected chi connectivity index (χ1v) is 9.98. The normalized spacial score (nSPS) is 10.8. The molecule has 0 saturated heterocycles. The lowest BCUT2D eigenvalue weighted by atomic mass is 10.2. The number of aryl methyl sites for hydroxylation is 1. The highest BCUT2D eigenvalue weighted by atomic mass is 35.5. The fraction of sp³-hybridized carbons (Fsp3) is 0.222. The number of nitrogens with one attached hydrogen (secondary N) is 1. The molecule has 2 aromatic carbocycles. The van der Waals surface area contributed by atoms with Crippen molar-refractivity contribution >= 4 is 38.9 Å². The van der Waals surface area contributed by atoms with Crippen molar-refractivity contribution in [3.05, 3.63) is 58.6 Å². The second-order valence-electron chi connectivity index (χ2n) is 5.73. The maximum Gasteiger partial charge on any atom is 0.232 e. The first-order valence-electron chi connectivity index (χ1n) is 7.75. The molecule has 1 amide bonds. The Bertz CT molecular complexity index is 968. The number of benzene rings is 2. The molecule has 0 aromatic heterocycles. The van der Waals surface area contributed by atoms with Crippen LogP contribution in [0.25, 0.3) is 0 Å². The van der Waals surface area contributed by atoms with Gasteiger partial charge in [-0.05, 0) is 36.8 Å². The Labute approximate surface area is 158 Å². The topological polar surface area (TPSA) is 90.3 Å². The molecule has 0 saturated carbocycles. The molecule has 0 aliphatic heterocycles. The summed E-state index contributed by atoms with van der Waals surface area (Å²) in [5.74, 6) is -0.354. The van der Waals surface area contributed by atoms with Crippen LogP contribution >= 0.6 is 11.6 Å². The summed E-state index contributed by atoms with van der Waals surface area (Å²) in [6.45, 7) is 1.77. The Morgan fingerprint density at radius 3 is 2.58 bits per heavy atom. The van der Waals surface area contributed by atoms with Gasteiger partial charge in [0.05, 0.1) is 17.5 Å². The number of para-hydroxylation sites is 1. The van der Waals surface area contributed by atoms with E-state index >= 15 is 0 Å². The number of nitriles is 1. The molecule has 0 heterocycles. The van der Waals surface area contributed by atoms with E-state index in [1.54, 1.807) is 30.3 Å². The van der Waals surface area contributed by atoms with Crippen LogP contribution in [0.1, 0.15) is 17.5 Å². The molecule has 0 bridgehead atoms. The predicted octanol–water partition coefficient (Wildman–Crippen LogP) is 3.31. The van der Waals surface area contributed by atoms with E-state index in [0.717, 1.165) is 16.1 Å². The molecule has 0 aliphatic rings. The Hall–Kier alpha value is -2.56. The minimum atomic E-state index is -3.65. The summed E-state index contributed by atoms with van der Waals surface area (Å²) < 4.78 is 25.3. The van der Waals surface area contributed by atoms with E-state index in [4.69, 9.17) is 11.6 Å². The maximum atomic E-state index is 12.2. The van der Waals surface area contributed by atoms with Gasteiger partial charge >= 0.3 is 0 Å². The molecular weight excluding hydrogens is 374 g/mol. The molecule has 6 nitrogen and oxygen atoms in total. The standard InChI is InChI=1S/C18H18ClN3O3S/c1-13-7-8-15(11-16(13)19)21-18(23)9-10-22(26(2,24)25)17-6-4-3-5-14(17)12-20/h3-8,11H,9-10H2,1-2H3,(H,21,23). The van der Waals surface area contributed by atoms with Gasteiger partial charge in [-0.3, -0.25) is 9.10 Å².